The van der Waals surface area contributed by atoms with E-state index in [0.29, 0.717) is 5.92 Å². The van der Waals surface area contributed by atoms with Crippen LogP contribution in [0.1, 0.15) is 25.7 Å². The summed E-state index contributed by atoms with van der Waals surface area (Å²) >= 11 is 0. The zero-order valence-corrected chi connectivity index (χ0v) is 10.5. The molecule has 0 unspecified atom stereocenters. The normalized spacial score (nSPS) is 16.6. The second-order valence-corrected chi connectivity index (χ2v) is 4.82. The molecule has 2 rings (SSSR count). The third-order valence-corrected chi connectivity index (χ3v) is 3.19. The molecule has 0 amide bonds. The molecular weight excluding hydrogens is 257 g/mol. The summed E-state index contributed by atoms with van der Waals surface area (Å²) in [5.74, 6) is 0.685. The van der Waals surface area contributed by atoms with Crippen molar-refractivity contribution in [3.8, 4) is 5.88 Å². The Morgan fingerprint density at radius 2 is 2.00 bits per heavy atom. The van der Waals surface area contributed by atoms with Gasteiger partial charge in [0.15, 0.2) is 6.61 Å². The molecule has 1 fully saturated rings. The first-order chi connectivity index (χ1) is 9.03. The maximum Gasteiger partial charge on any atom is 0.422 e. The van der Waals surface area contributed by atoms with Crippen LogP contribution in [0.15, 0.2) is 18.3 Å². The third kappa shape index (κ3) is 4.96. The van der Waals surface area contributed by atoms with Crippen molar-refractivity contribution in [2.75, 3.05) is 18.5 Å². The van der Waals surface area contributed by atoms with Gasteiger partial charge >= 0.3 is 6.18 Å². The Hall–Kier alpha value is -1.46. The highest BCUT2D eigenvalue weighted by Crippen LogP contribution is 2.25. The minimum absolute atomic E-state index is 0.0104. The lowest BCUT2D eigenvalue weighted by molar-refractivity contribution is -0.154. The van der Waals surface area contributed by atoms with Crippen LogP contribution in [0.5, 0.6) is 5.88 Å². The molecule has 0 bridgehead atoms. The molecule has 1 aliphatic rings. The molecule has 0 atom stereocenters. The standard InChI is InChI=1S/C13H17F3N2O/c14-13(15,16)9-19-12-6-5-11(8-18-12)17-7-10-3-1-2-4-10/h5-6,8,10,17H,1-4,7,9H2. The molecule has 0 aromatic carbocycles. The number of anilines is 1. The lowest BCUT2D eigenvalue weighted by Gasteiger charge is -2.12. The number of aromatic nitrogens is 1. The van der Waals surface area contributed by atoms with Gasteiger partial charge in [0.25, 0.3) is 0 Å². The SMILES string of the molecule is FC(F)(F)COc1ccc(NCC2CCCC2)cn1. The molecule has 1 saturated carbocycles. The average molecular weight is 274 g/mol. The van der Waals surface area contributed by atoms with Crippen molar-refractivity contribution in [2.45, 2.75) is 31.9 Å². The van der Waals surface area contributed by atoms with Gasteiger partial charge in [-0.2, -0.15) is 13.2 Å². The van der Waals surface area contributed by atoms with E-state index in [1.54, 1.807) is 6.07 Å². The number of pyridine rings is 1. The number of halogens is 3. The second kappa shape index (κ2) is 6.12. The van der Waals surface area contributed by atoms with Crippen LogP contribution in [0.25, 0.3) is 0 Å². The molecule has 19 heavy (non-hydrogen) atoms. The van der Waals surface area contributed by atoms with E-state index >= 15 is 0 Å². The first kappa shape index (κ1) is 14.0. The van der Waals surface area contributed by atoms with Crippen LogP contribution < -0.4 is 10.1 Å². The maximum absolute atomic E-state index is 11.9. The second-order valence-electron chi connectivity index (χ2n) is 4.82. The van der Waals surface area contributed by atoms with E-state index in [0.717, 1.165) is 12.2 Å². The van der Waals surface area contributed by atoms with E-state index < -0.39 is 12.8 Å². The Balaban J connectivity index is 1.77. The van der Waals surface area contributed by atoms with E-state index in [-0.39, 0.29) is 5.88 Å². The van der Waals surface area contributed by atoms with Gasteiger partial charge in [-0.25, -0.2) is 4.98 Å². The number of nitrogens with zero attached hydrogens (tertiary/aromatic N) is 1. The zero-order chi connectivity index (χ0) is 13.7. The summed E-state index contributed by atoms with van der Waals surface area (Å²) in [5.41, 5.74) is 0.811. The largest absolute Gasteiger partial charge is 0.468 e. The van der Waals surface area contributed by atoms with Crippen LogP contribution in [0.4, 0.5) is 18.9 Å². The Labute approximate surface area is 110 Å². The molecule has 1 N–H and O–H groups in total. The molecule has 0 aliphatic heterocycles. The first-order valence-electron chi connectivity index (χ1n) is 6.42. The minimum Gasteiger partial charge on any atom is -0.468 e. The van der Waals surface area contributed by atoms with Gasteiger partial charge in [-0.05, 0) is 24.8 Å². The lowest BCUT2D eigenvalue weighted by atomic mass is 10.1. The van der Waals surface area contributed by atoms with Crippen molar-refractivity contribution in [3.05, 3.63) is 18.3 Å². The summed E-state index contributed by atoms with van der Waals surface area (Å²) in [6, 6.07) is 3.14. The summed E-state index contributed by atoms with van der Waals surface area (Å²) < 4.78 is 40.4. The van der Waals surface area contributed by atoms with Gasteiger partial charge in [0.05, 0.1) is 11.9 Å². The maximum atomic E-state index is 11.9. The molecule has 1 aromatic heterocycles. The highest BCUT2D eigenvalue weighted by atomic mass is 19.4. The molecular formula is C13H17F3N2O. The number of ether oxygens (including phenoxy) is 1. The van der Waals surface area contributed by atoms with Crippen LogP contribution in [0, 0.1) is 5.92 Å². The molecule has 1 aromatic rings. The van der Waals surface area contributed by atoms with Gasteiger partial charge in [-0.15, -0.1) is 0 Å². The smallest absolute Gasteiger partial charge is 0.422 e. The number of rotatable bonds is 5. The highest BCUT2D eigenvalue weighted by molar-refractivity contribution is 5.42. The van der Waals surface area contributed by atoms with Gasteiger partial charge < -0.3 is 10.1 Å². The number of alkyl halides is 3. The van der Waals surface area contributed by atoms with E-state index in [9.17, 15) is 13.2 Å². The molecule has 106 valence electrons. The zero-order valence-electron chi connectivity index (χ0n) is 10.5. The summed E-state index contributed by atoms with van der Waals surface area (Å²) in [4.78, 5) is 3.84. The fourth-order valence-electron chi connectivity index (χ4n) is 2.20. The van der Waals surface area contributed by atoms with Crippen molar-refractivity contribution in [1.82, 2.24) is 4.98 Å². The summed E-state index contributed by atoms with van der Waals surface area (Å²) in [7, 11) is 0. The summed E-state index contributed by atoms with van der Waals surface area (Å²) in [6.07, 6.45) is 2.23. The topological polar surface area (TPSA) is 34.1 Å². The molecule has 1 heterocycles. The van der Waals surface area contributed by atoms with Crippen LogP contribution in [-0.4, -0.2) is 24.3 Å². The summed E-state index contributed by atoms with van der Waals surface area (Å²) in [6.45, 7) is -0.417. The minimum atomic E-state index is -4.33. The Morgan fingerprint density at radius 1 is 1.26 bits per heavy atom. The predicted molar refractivity (Wildman–Crippen MR) is 66.2 cm³/mol. The molecule has 0 saturated heterocycles. The van der Waals surface area contributed by atoms with Crippen molar-refractivity contribution < 1.29 is 17.9 Å². The van der Waals surface area contributed by atoms with Crippen LogP contribution >= 0.6 is 0 Å². The fraction of sp³-hybridized carbons (Fsp3) is 0.615. The number of hydrogen-bond acceptors (Lipinski definition) is 3. The monoisotopic (exact) mass is 274 g/mol. The van der Waals surface area contributed by atoms with Crippen molar-refractivity contribution in [3.63, 3.8) is 0 Å². The number of hydrogen-bond donors (Lipinski definition) is 1. The fourth-order valence-corrected chi connectivity index (χ4v) is 2.20. The van der Waals surface area contributed by atoms with Crippen molar-refractivity contribution in [1.29, 1.82) is 0 Å². The van der Waals surface area contributed by atoms with Crippen LogP contribution in [0.2, 0.25) is 0 Å². The average Bonchev–Trinajstić information content (AvgIpc) is 2.87. The quantitative estimate of drug-likeness (QED) is 0.890. The molecule has 0 spiro atoms. The van der Waals surface area contributed by atoms with Crippen LogP contribution in [0.3, 0.4) is 0 Å². The lowest BCUT2D eigenvalue weighted by Crippen LogP contribution is -2.19. The van der Waals surface area contributed by atoms with Gasteiger partial charge in [-0.1, -0.05) is 12.8 Å². The number of nitrogens with one attached hydrogen (secondary N) is 1. The molecule has 6 heteroatoms. The predicted octanol–water partition coefficient (Wildman–Crippen LogP) is 3.62. The Morgan fingerprint density at radius 3 is 2.58 bits per heavy atom. The van der Waals surface area contributed by atoms with Crippen molar-refractivity contribution in [2.24, 2.45) is 5.92 Å². The highest BCUT2D eigenvalue weighted by Gasteiger charge is 2.28. The first-order valence-corrected chi connectivity index (χ1v) is 6.42. The Bertz CT molecular complexity index is 386. The third-order valence-electron chi connectivity index (χ3n) is 3.19. The van der Waals surface area contributed by atoms with Gasteiger partial charge in [0, 0.05) is 12.6 Å². The van der Waals surface area contributed by atoms with E-state index in [4.69, 9.17) is 0 Å². The van der Waals surface area contributed by atoms with Crippen molar-refractivity contribution >= 4 is 5.69 Å². The van der Waals surface area contributed by atoms with E-state index in [2.05, 4.69) is 15.0 Å². The van der Waals surface area contributed by atoms with Crippen LogP contribution in [-0.2, 0) is 0 Å². The van der Waals surface area contributed by atoms with Gasteiger partial charge in [-0.3, -0.25) is 0 Å². The Kier molecular flexibility index (Phi) is 4.50. The molecule has 3 nitrogen and oxygen atoms in total. The van der Waals surface area contributed by atoms with Gasteiger partial charge in [0.1, 0.15) is 0 Å². The van der Waals surface area contributed by atoms with E-state index in [1.165, 1.54) is 37.9 Å². The van der Waals surface area contributed by atoms with Gasteiger partial charge in [0.2, 0.25) is 5.88 Å². The van der Waals surface area contributed by atoms with E-state index in [1.807, 2.05) is 0 Å². The molecule has 1 aliphatic carbocycles. The summed E-state index contributed by atoms with van der Waals surface area (Å²) in [5, 5.41) is 3.25. The molecule has 0 radical (unpaired) electrons.